The minimum atomic E-state index is -0.156. The molecule has 1 fully saturated rings. The highest BCUT2D eigenvalue weighted by atomic mass is 35.5. The summed E-state index contributed by atoms with van der Waals surface area (Å²) >= 11 is 6.05. The Kier molecular flexibility index (Phi) is 6.47. The highest BCUT2D eigenvalue weighted by Gasteiger charge is 2.21. The van der Waals surface area contributed by atoms with E-state index >= 15 is 0 Å². The van der Waals surface area contributed by atoms with Crippen LogP contribution in [0.5, 0.6) is 5.75 Å². The zero-order valence-electron chi connectivity index (χ0n) is 19.8. The van der Waals surface area contributed by atoms with Crippen molar-refractivity contribution in [3.63, 3.8) is 0 Å². The summed E-state index contributed by atoms with van der Waals surface area (Å²) in [5.41, 5.74) is 3.45. The third kappa shape index (κ3) is 4.88. The number of anilines is 3. The molecule has 0 radical (unpaired) electrons. The van der Waals surface area contributed by atoms with Crippen molar-refractivity contribution in [3.8, 4) is 5.75 Å². The minimum absolute atomic E-state index is 0.156. The maximum Gasteiger partial charge on any atom is 0.255 e. The van der Waals surface area contributed by atoms with E-state index in [1.54, 1.807) is 13.2 Å². The summed E-state index contributed by atoms with van der Waals surface area (Å²) in [7, 11) is 1.68. The Hall–Kier alpha value is -3.77. The molecule has 1 saturated heterocycles. The number of pyridine rings is 1. The van der Waals surface area contributed by atoms with Gasteiger partial charge in [-0.15, -0.1) is 0 Å². The summed E-state index contributed by atoms with van der Waals surface area (Å²) in [4.78, 5) is 22.4. The quantitative estimate of drug-likeness (QED) is 0.387. The molecular formula is C28H27ClN4O2. The number of amides is 1. The third-order valence-corrected chi connectivity index (χ3v) is 6.70. The number of methoxy groups -OCH3 is 1. The molecule has 6 nitrogen and oxygen atoms in total. The van der Waals surface area contributed by atoms with Crippen molar-refractivity contribution in [3.05, 3.63) is 89.1 Å². The topological polar surface area (TPSA) is 57.7 Å². The number of carbonyl (C=O) groups is 1. The van der Waals surface area contributed by atoms with Gasteiger partial charge in [0.25, 0.3) is 5.91 Å². The molecule has 5 rings (SSSR count). The number of aromatic nitrogens is 1. The first kappa shape index (κ1) is 23.0. The fraction of sp³-hybridized carbons (Fsp3) is 0.214. The summed E-state index contributed by atoms with van der Waals surface area (Å²) in [6, 6.07) is 21.4. The van der Waals surface area contributed by atoms with Crippen LogP contribution in [0.1, 0.15) is 15.9 Å². The van der Waals surface area contributed by atoms with Crippen LogP contribution in [0, 0.1) is 6.92 Å². The molecule has 0 atom stereocenters. The second kappa shape index (κ2) is 9.84. The lowest BCUT2D eigenvalue weighted by Crippen LogP contribution is -2.46. The van der Waals surface area contributed by atoms with Gasteiger partial charge in [-0.2, -0.15) is 0 Å². The lowest BCUT2D eigenvalue weighted by Gasteiger charge is -2.37. The zero-order chi connectivity index (χ0) is 24.4. The lowest BCUT2D eigenvalue weighted by molar-refractivity contribution is 0.102. The number of hydrogen-bond donors (Lipinski definition) is 1. The highest BCUT2D eigenvalue weighted by Crippen LogP contribution is 2.29. The van der Waals surface area contributed by atoms with Crippen LogP contribution in [0.3, 0.4) is 0 Å². The number of rotatable bonds is 5. The molecule has 0 saturated carbocycles. The number of piperazine rings is 1. The molecule has 2 heterocycles. The van der Waals surface area contributed by atoms with Gasteiger partial charge >= 0.3 is 0 Å². The van der Waals surface area contributed by atoms with E-state index in [9.17, 15) is 4.79 Å². The second-order valence-electron chi connectivity index (χ2n) is 8.66. The first-order chi connectivity index (χ1) is 17.0. The van der Waals surface area contributed by atoms with Gasteiger partial charge < -0.3 is 19.9 Å². The van der Waals surface area contributed by atoms with E-state index in [1.807, 2.05) is 61.7 Å². The minimum Gasteiger partial charge on any atom is -0.497 e. The van der Waals surface area contributed by atoms with Crippen LogP contribution < -0.4 is 19.9 Å². The van der Waals surface area contributed by atoms with Crippen LogP contribution in [-0.4, -0.2) is 44.2 Å². The summed E-state index contributed by atoms with van der Waals surface area (Å²) < 4.78 is 5.27. The van der Waals surface area contributed by atoms with Crippen LogP contribution in [0.2, 0.25) is 5.02 Å². The molecule has 0 unspecified atom stereocenters. The van der Waals surface area contributed by atoms with E-state index in [0.717, 1.165) is 59.8 Å². The van der Waals surface area contributed by atoms with Crippen LogP contribution in [0.15, 0.2) is 72.9 Å². The first-order valence-electron chi connectivity index (χ1n) is 11.6. The molecule has 0 aliphatic carbocycles. The van der Waals surface area contributed by atoms with Crippen molar-refractivity contribution in [1.82, 2.24) is 4.98 Å². The maximum atomic E-state index is 13.0. The number of ether oxygens (including phenoxy) is 1. The Labute approximate surface area is 210 Å². The number of carbonyl (C=O) groups excluding carboxylic acids is 1. The molecule has 0 spiro atoms. The molecule has 1 aliphatic heterocycles. The Morgan fingerprint density at radius 2 is 1.69 bits per heavy atom. The van der Waals surface area contributed by atoms with Gasteiger partial charge in [-0.05, 0) is 78.5 Å². The summed E-state index contributed by atoms with van der Waals surface area (Å²) in [6.07, 6.45) is 1.84. The predicted molar refractivity (Wildman–Crippen MR) is 143 cm³/mol. The number of benzene rings is 3. The number of fused-ring (bicyclic) bond motifs is 1. The van der Waals surface area contributed by atoms with Crippen LogP contribution in [0.25, 0.3) is 10.8 Å². The van der Waals surface area contributed by atoms with Crippen LogP contribution in [0.4, 0.5) is 17.2 Å². The Morgan fingerprint density at radius 1 is 0.943 bits per heavy atom. The molecule has 1 amide bonds. The van der Waals surface area contributed by atoms with Gasteiger partial charge in [0.15, 0.2) is 0 Å². The molecule has 1 aromatic heterocycles. The van der Waals surface area contributed by atoms with Gasteiger partial charge in [-0.3, -0.25) is 4.79 Å². The third-order valence-electron chi connectivity index (χ3n) is 6.46. The molecular weight excluding hydrogens is 460 g/mol. The van der Waals surface area contributed by atoms with Gasteiger partial charge in [0.05, 0.1) is 7.11 Å². The normalized spacial score (nSPS) is 13.7. The van der Waals surface area contributed by atoms with Crippen molar-refractivity contribution >= 4 is 45.5 Å². The molecule has 4 aromatic rings. The van der Waals surface area contributed by atoms with Gasteiger partial charge in [0.1, 0.15) is 11.6 Å². The smallest absolute Gasteiger partial charge is 0.255 e. The van der Waals surface area contributed by atoms with E-state index < -0.39 is 0 Å². The summed E-state index contributed by atoms with van der Waals surface area (Å²) in [5.74, 6) is 1.61. The standard InChI is InChI=1S/C28H27ClN4O2/c1-19-17-22(29)5-10-26(19)31-28(34)21-4-3-20-11-12-30-27(25(20)18-21)33-15-13-32(14-16-33)23-6-8-24(35-2)9-7-23/h3-12,17-18H,13-16H2,1-2H3,(H,31,34). The summed E-state index contributed by atoms with van der Waals surface area (Å²) in [5, 5.41) is 5.69. The van der Waals surface area contributed by atoms with E-state index in [4.69, 9.17) is 21.3 Å². The van der Waals surface area contributed by atoms with E-state index in [0.29, 0.717) is 10.6 Å². The van der Waals surface area contributed by atoms with Gasteiger partial charge in [0.2, 0.25) is 0 Å². The monoisotopic (exact) mass is 486 g/mol. The molecule has 0 bridgehead atoms. The maximum absolute atomic E-state index is 13.0. The Bertz CT molecular complexity index is 1370. The van der Waals surface area contributed by atoms with Crippen molar-refractivity contribution in [2.45, 2.75) is 6.92 Å². The van der Waals surface area contributed by atoms with Crippen molar-refractivity contribution in [1.29, 1.82) is 0 Å². The molecule has 1 N–H and O–H groups in total. The highest BCUT2D eigenvalue weighted by molar-refractivity contribution is 6.30. The molecule has 35 heavy (non-hydrogen) atoms. The molecule has 3 aromatic carbocycles. The Morgan fingerprint density at radius 3 is 2.40 bits per heavy atom. The SMILES string of the molecule is COc1ccc(N2CCN(c3nccc4ccc(C(=O)Nc5ccc(Cl)cc5C)cc34)CC2)cc1. The predicted octanol–water partition coefficient (Wildman–Crippen LogP) is 5.78. The average Bonchev–Trinajstić information content (AvgIpc) is 2.90. The van der Waals surface area contributed by atoms with Crippen LogP contribution >= 0.6 is 11.6 Å². The van der Waals surface area contributed by atoms with Crippen LogP contribution in [-0.2, 0) is 0 Å². The number of nitrogens with one attached hydrogen (secondary N) is 1. The second-order valence-corrected chi connectivity index (χ2v) is 9.09. The zero-order valence-corrected chi connectivity index (χ0v) is 20.5. The average molecular weight is 487 g/mol. The first-order valence-corrected chi connectivity index (χ1v) is 12.0. The van der Waals surface area contributed by atoms with E-state index in [-0.39, 0.29) is 5.91 Å². The fourth-order valence-electron chi connectivity index (χ4n) is 4.48. The number of halogens is 1. The molecule has 1 aliphatic rings. The fourth-order valence-corrected chi connectivity index (χ4v) is 4.70. The Balaban J connectivity index is 1.35. The number of hydrogen-bond acceptors (Lipinski definition) is 5. The molecule has 7 heteroatoms. The van der Waals surface area contributed by atoms with Crippen molar-refractivity contribution in [2.24, 2.45) is 0 Å². The van der Waals surface area contributed by atoms with Crippen molar-refractivity contribution < 1.29 is 9.53 Å². The van der Waals surface area contributed by atoms with Gasteiger partial charge in [0, 0.05) is 59.7 Å². The number of nitrogens with zero attached hydrogens (tertiary/aromatic N) is 3. The lowest BCUT2D eigenvalue weighted by atomic mass is 10.1. The molecule has 178 valence electrons. The van der Waals surface area contributed by atoms with E-state index in [1.165, 1.54) is 5.69 Å². The van der Waals surface area contributed by atoms with E-state index in [2.05, 4.69) is 27.2 Å². The van der Waals surface area contributed by atoms with Gasteiger partial charge in [-0.25, -0.2) is 4.98 Å². The largest absolute Gasteiger partial charge is 0.497 e. The van der Waals surface area contributed by atoms with Gasteiger partial charge in [-0.1, -0.05) is 17.7 Å². The van der Waals surface area contributed by atoms with Crippen molar-refractivity contribution in [2.75, 3.05) is 48.4 Å². The summed E-state index contributed by atoms with van der Waals surface area (Å²) in [6.45, 7) is 5.40. The number of aryl methyl sites for hydroxylation is 1.